The van der Waals surface area contributed by atoms with Crippen molar-refractivity contribution in [1.29, 1.82) is 0 Å². The third-order valence-corrected chi connectivity index (χ3v) is 0. The van der Waals surface area contributed by atoms with Crippen molar-refractivity contribution in [2.75, 3.05) is 0 Å². The molecule has 0 nitrogen and oxygen atoms in total. The molecule has 0 saturated heterocycles. The molecule has 0 bridgehead atoms. The summed E-state index contributed by atoms with van der Waals surface area (Å²) in [6.45, 7) is 0. The predicted molar refractivity (Wildman–Crippen MR) is 8.54 cm³/mol. The summed E-state index contributed by atoms with van der Waals surface area (Å²) in [5.41, 5.74) is 0. The van der Waals surface area contributed by atoms with Crippen LogP contribution in [0.3, 0.4) is 0 Å². The van der Waals surface area contributed by atoms with Crippen LogP contribution in [0.15, 0.2) is 0 Å². The van der Waals surface area contributed by atoms with Crippen LogP contribution in [0.1, 0.15) is 0 Å². The van der Waals surface area contributed by atoms with Gasteiger partial charge in [-0.15, -0.1) is 0 Å². The normalized spacial score (nSPS) is 0. The van der Waals surface area contributed by atoms with E-state index in [4.69, 9.17) is 0 Å². The van der Waals surface area contributed by atoms with Crippen LogP contribution in [0.4, 0.5) is 0 Å². The molecule has 5 heteroatoms. The molecule has 0 aromatic rings. The van der Waals surface area contributed by atoms with Crippen molar-refractivity contribution in [3.8, 4) is 0 Å². The Kier molecular flexibility index (Phi) is 172. The molecule has 0 rings (SSSR count). The van der Waals surface area contributed by atoms with Crippen molar-refractivity contribution >= 4 is 37.7 Å². The zero-order valence-electron chi connectivity index (χ0n) is 1.96. The first-order valence-electron chi connectivity index (χ1n) is 0. The second-order valence-electron chi connectivity index (χ2n) is 0. The van der Waals surface area contributed by atoms with Crippen LogP contribution >= 0.6 is 0 Å². The molecule has 0 aliphatic heterocycles. The summed E-state index contributed by atoms with van der Waals surface area (Å²) in [6, 6.07) is 0. The fraction of sp³-hybridized carbons (Fsp3) is 0. The van der Waals surface area contributed by atoms with Gasteiger partial charge in [0.15, 0.2) is 0 Å². The minimum absolute atomic E-state index is 0. The molecule has 0 spiro atoms. The van der Waals surface area contributed by atoms with E-state index in [0.717, 1.165) is 0 Å². The van der Waals surface area contributed by atoms with Crippen molar-refractivity contribution in [1.82, 2.24) is 0 Å². The molecule has 0 heterocycles. The van der Waals surface area contributed by atoms with Gasteiger partial charge in [0.25, 0.3) is 0 Å². The van der Waals surface area contributed by atoms with Gasteiger partial charge in [0, 0.05) is 89.2 Å². The van der Waals surface area contributed by atoms with Gasteiger partial charge >= 0.3 is 37.7 Å². The van der Waals surface area contributed by atoms with Crippen molar-refractivity contribution in [3.05, 3.63) is 0 Å². The van der Waals surface area contributed by atoms with Crippen LogP contribution in [0.5, 0.6) is 0 Å². The van der Waals surface area contributed by atoms with E-state index in [0.29, 0.717) is 0 Å². The molecule has 3 radical (unpaired) electrons. The molecule has 0 saturated carbocycles. The molecule has 0 unspecified atom stereocenters. The largest absolute Gasteiger partial charge is 0 e. The van der Waals surface area contributed by atoms with Crippen molar-refractivity contribution in [2.45, 2.75) is 0 Å². The summed E-state index contributed by atoms with van der Waals surface area (Å²) in [7, 11) is 0. The van der Waals surface area contributed by atoms with Gasteiger partial charge in [0.1, 0.15) is 0 Å². The molecule has 0 fully saturated rings. The maximum absolute atomic E-state index is 0. The summed E-state index contributed by atoms with van der Waals surface area (Å²) in [6.07, 6.45) is 0. The average Bonchev–Trinajstić information content (AvgIpc) is 0. The zero-order chi connectivity index (χ0) is 0. The van der Waals surface area contributed by atoms with Gasteiger partial charge in [-0.3, -0.25) is 0 Å². The first kappa shape index (κ1) is 35.4. The summed E-state index contributed by atoms with van der Waals surface area (Å²) in [4.78, 5) is 0. The van der Waals surface area contributed by atoms with E-state index in [1.165, 1.54) is 0 Å². The second-order valence-corrected chi connectivity index (χ2v) is 0. The Morgan fingerprint density at radius 1 is 1.00 bits per heavy atom. The Morgan fingerprint density at radius 2 is 1.00 bits per heavy atom. The molecular formula is H2CaCuLaMnZn. The predicted octanol–water partition coefficient (Wildman–Crippen LogP) is -0.924. The van der Waals surface area contributed by atoms with Crippen LogP contribution in [-0.2, 0) is 53.6 Å². The van der Waals surface area contributed by atoms with E-state index in [9.17, 15) is 0 Å². The van der Waals surface area contributed by atoms with Gasteiger partial charge in [0.05, 0.1) is 0 Å². The Morgan fingerprint density at radius 3 is 1.00 bits per heavy atom. The fourth-order valence-corrected chi connectivity index (χ4v) is 0. The first-order chi connectivity index (χ1) is 0. The SMILES string of the molecule is [CaH2].[Cu].[La].[Mn].[Zn]. The number of hydrogen-bond donors (Lipinski definition) is 0. The first-order valence-corrected chi connectivity index (χ1v) is 0. The molecule has 0 N–H and O–H groups in total. The van der Waals surface area contributed by atoms with E-state index in [-0.39, 0.29) is 127 Å². The molecule has 0 aliphatic rings. The standard InChI is InChI=1S/Ca.Cu.La.Mn.Zn.2H. The summed E-state index contributed by atoms with van der Waals surface area (Å²) >= 11 is 0. The Balaban J connectivity index is 0. The summed E-state index contributed by atoms with van der Waals surface area (Å²) in [5.74, 6) is 0. The van der Waals surface area contributed by atoms with Crippen molar-refractivity contribution < 1.29 is 89.2 Å². The second kappa shape index (κ2) is 24.3. The van der Waals surface area contributed by atoms with Gasteiger partial charge < -0.3 is 0 Å². The van der Waals surface area contributed by atoms with Gasteiger partial charge in [-0.2, -0.15) is 0 Å². The topological polar surface area (TPSA) is 0 Å². The Hall–Kier alpha value is 4.12. The molecule has 0 aromatic heterocycles. The van der Waals surface area contributed by atoms with E-state index in [1.54, 1.807) is 0 Å². The van der Waals surface area contributed by atoms with Gasteiger partial charge in [0.2, 0.25) is 0 Å². The van der Waals surface area contributed by atoms with Crippen LogP contribution in [0, 0.1) is 35.6 Å². The number of rotatable bonds is 0. The zero-order valence-corrected chi connectivity index (χ0v) is 10.7. The van der Waals surface area contributed by atoms with E-state index in [1.807, 2.05) is 0 Å². The van der Waals surface area contributed by atoms with Crippen LogP contribution < -0.4 is 0 Å². The molecule has 5 heavy (non-hydrogen) atoms. The van der Waals surface area contributed by atoms with Gasteiger partial charge in [-0.1, -0.05) is 0 Å². The van der Waals surface area contributed by atoms with Gasteiger partial charge in [-0.25, -0.2) is 0 Å². The van der Waals surface area contributed by atoms with Crippen molar-refractivity contribution in [2.24, 2.45) is 0 Å². The molecule has 0 aliphatic carbocycles. The monoisotopic (exact) mass is 363 g/mol. The van der Waals surface area contributed by atoms with E-state index in [2.05, 4.69) is 0 Å². The van der Waals surface area contributed by atoms with Crippen LogP contribution in [0.25, 0.3) is 0 Å². The van der Waals surface area contributed by atoms with Crippen LogP contribution in [-0.4, -0.2) is 37.7 Å². The van der Waals surface area contributed by atoms with Gasteiger partial charge in [-0.05, 0) is 0 Å². The van der Waals surface area contributed by atoms with E-state index < -0.39 is 0 Å². The third kappa shape index (κ3) is 17.9. The molecular weight excluding hydrogens is 363 g/mol. The minimum Gasteiger partial charge on any atom is 0 e. The third-order valence-electron chi connectivity index (χ3n) is 0. The average molecular weight is 365 g/mol. The molecule has 0 aromatic carbocycles. The maximum atomic E-state index is 0. The quantitative estimate of drug-likeness (QED) is 0.488. The number of hydrogen-bond acceptors (Lipinski definition) is 0. The molecule has 27 valence electrons. The summed E-state index contributed by atoms with van der Waals surface area (Å²) < 4.78 is 0. The van der Waals surface area contributed by atoms with Crippen molar-refractivity contribution in [3.63, 3.8) is 0 Å². The maximum Gasteiger partial charge on any atom is 0 e. The molecule has 0 atom stereocenters. The Labute approximate surface area is 124 Å². The van der Waals surface area contributed by atoms with Crippen LogP contribution in [0.2, 0.25) is 0 Å². The molecule has 0 amide bonds. The Bertz CT molecular complexity index is 11.6. The summed E-state index contributed by atoms with van der Waals surface area (Å²) in [5, 5.41) is 0. The minimum atomic E-state index is 0. The smallest absolute Gasteiger partial charge is 0 e. The van der Waals surface area contributed by atoms with E-state index >= 15 is 0 Å². The fourth-order valence-electron chi connectivity index (χ4n) is 0.